The maximum absolute atomic E-state index is 5.25. The van der Waals surface area contributed by atoms with Gasteiger partial charge in [0.25, 0.3) is 0 Å². The van der Waals surface area contributed by atoms with Gasteiger partial charge >= 0.3 is 0 Å². The number of ether oxygens (including phenoxy) is 1. The summed E-state index contributed by atoms with van der Waals surface area (Å²) < 4.78 is 7.17. The van der Waals surface area contributed by atoms with Crippen molar-refractivity contribution < 1.29 is 4.74 Å². The zero-order valence-corrected chi connectivity index (χ0v) is 9.72. The molecule has 0 saturated heterocycles. The number of hydrogen-bond acceptors (Lipinski definition) is 2. The molecule has 0 aliphatic heterocycles. The van der Waals surface area contributed by atoms with Crippen LogP contribution in [-0.4, -0.2) is 11.6 Å². The highest BCUT2D eigenvalue weighted by atomic mass is 127. The lowest BCUT2D eigenvalue weighted by atomic mass is 10.5. The van der Waals surface area contributed by atoms with Gasteiger partial charge in [-0.1, -0.05) is 0 Å². The second-order valence-electron chi connectivity index (χ2n) is 1.88. The van der Waals surface area contributed by atoms with Crippen molar-refractivity contribution in [1.82, 2.24) is 4.98 Å². The van der Waals surface area contributed by atoms with Crippen molar-refractivity contribution in [1.29, 1.82) is 0 Å². The fourth-order valence-electron chi connectivity index (χ4n) is 0.649. The van der Waals surface area contributed by atoms with Gasteiger partial charge in [-0.05, 0) is 51.5 Å². The van der Waals surface area contributed by atoms with E-state index in [0.717, 1.165) is 13.9 Å². The standard InChI is InChI=1S/C7H7BrINO/c1-2-11-5-3-6(8)7(9)10-4-5/h3-4H,2H2,1H3. The zero-order chi connectivity index (χ0) is 8.27. The van der Waals surface area contributed by atoms with E-state index in [2.05, 4.69) is 43.5 Å². The molecule has 0 unspecified atom stereocenters. The third-order valence-electron chi connectivity index (χ3n) is 1.08. The highest BCUT2D eigenvalue weighted by molar-refractivity contribution is 14.1. The third-order valence-corrected chi connectivity index (χ3v) is 3.29. The van der Waals surface area contributed by atoms with Crippen molar-refractivity contribution >= 4 is 38.5 Å². The van der Waals surface area contributed by atoms with E-state index in [-0.39, 0.29) is 0 Å². The third kappa shape index (κ3) is 2.59. The second-order valence-corrected chi connectivity index (χ2v) is 3.75. The summed E-state index contributed by atoms with van der Waals surface area (Å²) in [7, 11) is 0. The Morgan fingerprint density at radius 3 is 3.00 bits per heavy atom. The summed E-state index contributed by atoms with van der Waals surface area (Å²) in [5, 5.41) is 0. The predicted molar refractivity (Wildman–Crippen MR) is 55.8 cm³/mol. The van der Waals surface area contributed by atoms with Crippen LogP contribution in [0, 0.1) is 3.70 Å². The summed E-state index contributed by atoms with van der Waals surface area (Å²) in [6.45, 7) is 2.63. The van der Waals surface area contributed by atoms with E-state index in [4.69, 9.17) is 4.74 Å². The molecule has 1 rings (SSSR count). The first-order valence-electron chi connectivity index (χ1n) is 3.18. The minimum Gasteiger partial charge on any atom is -0.492 e. The van der Waals surface area contributed by atoms with Crippen molar-refractivity contribution in [3.05, 3.63) is 20.4 Å². The molecule has 0 amide bonds. The van der Waals surface area contributed by atoms with E-state index in [1.165, 1.54) is 0 Å². The molecule has 0 bridgehead atoms. The average molecular weight is 328 g/mol. The SMILES string of the molecule is CCOc1cnc(I)c(Br)c1. The molecule has 1 heterocycles. The average Bonchev–Trinajstić information content (AvgIpc) is 1.98. The minimum absolute atomic E-state index is 0.675. The van der Waals surface area contributed by atoms with Crippen LogP contribution in [0.4, 0.5) is 0 Å². The summed E-state index contributed by atoms with van der Waals surface area (Å²) in [6.07, 6.45) is 1.72. The van der Waals surface area contributed by atoms with Crippen LogP contribution in [-0.2, 0) is 0 Å². The summed E-state index contributed by atoms with van der Waals surface area (Å²) in [5.41, 5.74) is 0. The summed E-state index contributed by atoms with van der Waals surface area (Å²) in [4.78, 5) is 4.11. The minimum atomic E-state index is 0.675. The molecule has 2 nitrogen and oxygen atoms in total. The molecule has 0 N–H and O–H groups in total. The molecule has 0 atom stereocenters. The van der Waals surface area contributed by atoms with Crippen LogP contribution < -0.4 is 4.74 Å². The molecule has 0 spiro atoms. The molecule has 0 aliphatic rings. The Bertz CT molecular complexity index is 254. The Morgan fingerprint density at radius 2 is 2.45 bits per heavy atom. The molecule has 0 saturated carbocycles. The highest BCUT2D eigenvalue weighted by Gasteiger charge is 1.98. The van der Waals surface area contributed by atoms with E-state index >= 15 is 0 Å². The highest BCUT2D eigenvalue weighted by Crippen LogP contribution is 2.21. The van der Waals surface area contributed by atoms with Crippen LogP contribution in [0.25, 0.3) is 0 Å². The molecular formula is C7H7BrINO. The first kappa shape index (κ1) is 9.25. The van der Waals surface area contributed by atoms with Gasteiger partial charge in [-0.25, -0.2) is 4.98 Å². The van der Waals surface area contributed by atoms with Gasteiger partial charge in [-0.15, -0.1) is 0 Å². The van der Waals surface area contributed by atoms with E-state index in [1.807, 2.05) is 13.0 Å². The van der Waals surface area contributed by atoms with Gasteiger partial charge in [0.2, 0.25) is 0 Å². The zero-order valence-electron chi connectivity index (χ0n) is 5.97. The van der Waals surface area contributed by atoms with Crippen LogP contribution >= 0.6 is 38.5 Å². The molecule has 11 heavy (non-hydrogen) atoms. The monoisotopic (exact) mass is 327 g/mol. The van der Waals surface area contributed by atoms with Crippen LogP contribution in [0.3, 0.4) is 0 Å². The summed E-state index contributed by atoms with van der Waals surface area (Å²) in [6, 6.07) is 1.91. The van der Waals surface area contributed by atoms with Crippen LogP contribution in [0.2, 0.25) is 0 Å². The Balaban J connectivity index is 2.86. The van der Waals surface area contributed by atoms with Gasteiger partial charge in [0.15, 0.2) is 0 Å². The molecule has 0 radical (unpaired) electrons. The number of nitrogens with zero attached hydrogens (tertiary/aromatic N) is 1. The van der Waals surface area contributed by atoms with Crippen molar-refractivity contribution in [3.63, 3.8) is 0 Å². The number of pyridine rings is 1. The van der Waals surface area contributed by atoms with E-state index < -0.39 is 0 Å². The van der Waals surface area contributed by atoms with E-state index in [0.29, 0.717) is 6.61 Å². The molecule has 0 fully saturated rings. The summed E-state index contributed by atoms with van der Waals surface area (Å²) in [5.74, 6) is 0.805. The topological polar surface area (TPSA) is 22.1 Å². The lowest BCUT2D eigenvalue weighted by molar-refractivity contribution is 0.338. The lowest BCUT2D eigenvalue weighted by Crippen LogP contribution is -1.93. The Morgan fingerprint density at radius 1 is 1.73 bits per heavy atom. The Labute approximate surface area is 87.6 Å². The maximum Gasteiger partial charge on any atom is 0.138 e. The van der Waals surface area contributed by atoms with Crippen molar-refractivity contribution in [3.8, 4) is 5.75 Å². The van der Waals surface area contributed by atoms with Crippen LogP contribution in [0.15, 0.2) is 16.7 Å². The van der Waals surface area contributed by atoms with E-state index in [9.17, 15) is 0 Å². The van der Waals surface area contributed by atoms with Crippen LogP contribution in [0.1, 0.15) is 6.92 Å². The smallest absolute Gasteiger partial charge is 0.138 e. The predicted octanol–water partition coefficient (Wildman–Crippen LogP) is 2.85. The van der Waals surface area contributed by atoms with E-state index in [1.54, 1.807) is 6.20 Å². The van der Waals surface area contributed by atoms with Gasteiger partial charge in [0, 0.05) is 0 Å². The fourth-order valence-corrected chi connectivity index (χ4v) is 1.27. The van der Waals surface area contributed by atoms with Crippen molar-refractivity contribution in [2.24, 2.45) is 0 Å². The quantitative estimate of drug-likeness (QED) is 0.615. The molecule has 0 aliphatic carbocycles. The lowest BCUT2D eigenvalue weighted by Gasteiger charge is -2.02. The molecule has 1 aromatic rings. The molecule has 4 heteroatoms. The number of rotatable bonds is 2. The van der Waals surface area contributed by atoms with Gasteiger partial charge < -0.3 is 4.74 Å². The second kappa shape index (κ2) is 4.25. The first-order chi connectivity index (χ1) is 5.24. The maximum atomic E-state index is 5.25. The molecule has 60 valence electrons. The Hall–Kier alpha value is 0.160. The first-order valence-corrected chi connectivity index (χ1v) is 5.05. The van der Waals surface area contributed by atoms with Gasteiger partial charge in [0.1, 0.15) is 9.45 Å². The van der Waals surface area contributed by atoms with Gasteiger partial charge in [-0.2, -0.15) is 0 Å². The summed E-state index contributed by atoms with van der Waals surface area (Å²) >= 11 is 5.52. The van der Waals surface area contributed by atoms with Gasteiger partial charge in [-0.3, -0.25) is 0 Å². The number of halogens is 2. The molecule has 1 aromatic heterocycles. The van der Waals surface area contributed by atoms with Gasteiger partial charge in [0.05, 0.1) is 17.3 Å². The molecule has 0 aromatic carbocycles. The molecular weight excluding hydrogens is 321 g/mol. The van der Waals surface area contributed by atoms with Crippen LogP contribution in [0.5, 0.6) is 5.75 Å². The number of hydrogen-bond donors (Lipinski definition) is 0. The Kier molecular flexibility index (Phi) is 3.58. The van der Waals surface area contributed by atoms with Crippen molar-refractivity contribution in [2.45, 2.75) is 6.92 Å². The normalized spacial score (nSPS) is 9.73. The fraction of sp³-hybridized carbons (Fsp3) is 0.286. The van der Waals surface area contributed by atoms with Crippen molar-refractivity contribution in [2.75, 3.05) is 6.61 Å². The number of aromatic nitrogens is 1. The largest absolute Gasteiger partial charge is 0.492 e.